The number of hydrogen-bond donors (Lipinski definition) is 0. The first kappa shape index (κ1) is 23.5. The highest BCUT2D eigenvalue weighted by molar-refractivity contribution is 6.99. The molecule has 3 rings (SSSR count). The third-order valence-corrected chi connectivity index (χ3v) is 11.1. The Hall–Kier alpha value is -0.733. The van der Waals surface area contributed by atoms with Gasteiger partial charge >= 0.3 is 0 Å². The number of rotatable bonds is 7. The van der Waals surface area contributed by atoms with Gasteiger partial charge in [-0.2, -0.15) is 0 Å². The van der Waals surface area contributed by atoms with E-state index in [9.17, 15) is 0 Å². The minimum atomic E-state index is -2.42. The lowest BCUT2D eigenvalue weighted by Gasteiger charge is -2.45. The third-order valence-electron chi connectivity index (χ3n) is 6.01. The molecule has 0 aromatic heterocycles. The second-order valence-electron chi connectivity index (χ2n) is 9.21. The highest BCUT2D eigenvalue weighted by Crippen LogP contribution is 2.36. The Balaban J connectivity index is 0.00000280. The van der Waals surface area contributed by atoms with E-state index in [0.29, 0.717) is 6.04 Å². The molecule has 1 saturated heterocycles. The van der Waals surface area contributed by atoms with Crippen LogP contribution in [0.25, 0.3) is 0 Å². The van der Waals surface area contributed by atoms with E-state index in [4.69, 9.17) is 9.16 Å². The van der Waals surface area contributed by atoms with Crippen molar-refractivity contribution in [1.82, 2.24) is 0 Å². The molecule has 0 N–H and O–H groups in total. The Morgan fingerprint density at radius 1 is 0.929 bits per heavy atom. The summed E-state index contributed by atoms with van der Waals surface area (Å²) in [6.07, 6.45) is 0. The van der Waals surface area contributed by atoms with Gasteiger partial charge in [0.15, 0.2) is 0 Å². The number of benzene rings is 2. The average Bonchev–Trinajstić information content (AvgIpc) is 2.57. The van der Waals surface area contributed by atoms with Gasteiger partial charge in [-0.1, -0.05) is 81.4 Å². The van der Waals surface area contributed by atoms with Gasteiger partial charge in [-0.05, 0) is 15.4 Å². The summed E-state index contributed by atoms with van der Waals surface area (Å²) in [6.45, 7) is 10.5. The molecule has 1 aliphatic heterocycles. The van der Waals surface area contributed by atoms with Crippen molar-refractivity contribution in [1.29, 1.82) is 0 Å². The summed E-state index contributed by atoms with van der Waals surface area (Å²) in [5.41, 5.74) is 0. The highest BCUT2D eigenvalue weighted by Gasteiger charge is 2.50. The molecule has 154 valence electrons. The maximum atomic E-state index is 7.00. The minimum Gasteiger partial charge on any atom is -1.00 e. The van der Waals surface area contributed by atoms with E-state index in [1.54, 1.807) is 0 Å². The first-order chi connectivity index (χ1) is 12.8. The van der Waals surface area contributed by atoms with E-state index in [0.717, 1.165) is 30.8 Å². The molecule has 28 heavy (non-hydrogen) atoms. The zero-order valence-electron chi connectivity index (χ0n) is 17.8. The van der Waals surface area contributed by atoms with Crippen LogP contribution in [0.1, 0.15) is 20.8 Å². The first-order valence-electron chi connectivity index (χ1n) is 9.93. The quantitative estimate of drug-likeness (QED) is 0.297. The molecule has 0 aliphatic carbocycles. The smallest absolute Gasteiger partial charge is 0.261 e. The van der Waals surface area contributed by atoms with Crippen molar-refractivity contribution in [3.63, 3.8) is 0 Å². The third kappa shape index (κ3) is 4.70. The van der Waals surface area contributed by atoms with Crippen LogP contribution in [-0.2, 0) is 9.16 Å². The number of quaternary nitrogens is 1. The zero-order valence-corrected chi connectivity index (χ0v) is 21.0. The summed E-state index contributed by atoms with van der Waals surface area (Å²) in [4.78, 5) is 0. The number of halogens is 1. The normalized spacial score (nSPS) is 15.6. The van der Waals surface area contributed by atoms with Gasteiger partial charge in [0.25, 0.3) is 8.32 Å². The Morgan fingerprint density at radius 2 is 1.39 bits per heavy atom. The molecule has 0 amide bonds. The van der Waals surface area contributed by atoms with E-state index >= 15 is 0 Å². The maximum Gasteiger partial charge on any atom is 0.261 e. The largest absolute Gasteiger partial charge is 1.00 e. The Labute approximate surface area is 188 Å². The monoisotopic (exact) mass is 511 g/mol. The molecule has 1 heterocycles. The first-order valence-corrected chi connectivity index (χ1v) is 11.8. The molecule has 0 bridgehead atoms. The molecule has 0 radical (unpaired) electrons. The fourth-order valence-corrected chi connectivity index (χ4v) is 8.56. The molecule has 3 nitrogen and oxygen atoms in total. The van der Waals surface area contributed by atoms with Crippen molar-refractivity contribution >= 4 is 18.7 Å². The van der Waals surface area contributed by atoms with Crippen molar-refractivity contribution in [3.8, 4) is 0 Å². The van der Waals surface area contributed by atoms with Crippen molar-refractivity contribution in [3.05, 3.63) is 60.7 Å². The van der Waals surface area contributed by atoms with Gasteiger partial charge in [0.05, 0.1) is 20.7 Å². The topological polar surface area (TPSA) is 18.5 Å². The fourth-order valence-electron chi connectivity index (χ4n) is 4.00. The van der Waals surface area contributed by atoms with Crippen LogP contribution in [0.5, 0.6) is 0 Å². The van der Waals surface area contributed by atoms with E-state index in [1.807, 2.05) is 0 Å². The lowest BCUT2D eigenvalue weighted by Crippen LogP contribution is -3.00. The summed E-state index contributed by atoms with van der Waals surface area (Å²) in [6, 6.07) is 22.3. The molecule has 0 unspecified atom stereocenters. The molecule has 0 saturated carbocycles. The van der Waals surface area contributed by atoms with Crippen LogP contribution in [0.15, 0.2) is 60.7 Å². The standard InChI is InChI=1S/C23H34NO2Si.HI/c1-23(2,3)27(21-12-8-6-9-13-21,22-14-10-7-11-15-22)26-17-16-24(4,5)20-18-25-19-20;/h6-15,20H,16-19H2,1-5H3;1H/q+1;/p-1. The molecule has 2 aromatic rings. The van der Waals surface area contributed by atoms with E-state index in [1.165, 1.54) is 10.4 Å². The SMILES string of the molecule is CC(C)(C)[Si](OCC[N+](C)(C)C1COC1)(c1ccccc1)c1ccccc1.[I-]. The van der Waals surface area contributed by atoms with Gasteiger partial charge in [-0.25, -0.2) is 0 Å². The molecule has 1 aliphatic rings. The molecule has 2 aromatic carbocycles. The number of likely N-dealkylation sites (N-methyl/N-ethyl adjacent to an activating group) is 1. The van der Waals surface area contributed by atoms with Crippen LogP contribution in [-0.4, -0.2) is 59.3 Å². The van der Waals surface area contributed by atoms with Crippen LogP contribution < -0.4 is 34.4 Å². The van der Waals surface area contributed by atoms with E-state index in [-0.39, 0.29) is 29.0 Å². The Kier molecular flexibility index (Phi) is 7.89. The minimum absolute atomic E-state index is 0. The van der Waals surface area contributed by atoms with Crippen molar-refractivity contribution in [2.75, 3.05) is 40.5 Å². The van der Waals surface area contributed by atoms with Crippen LogP contribution in [0.4, 0.5) is 0 Å². The van der Waals surface area contributed by atoms with Gasteiger partial charge in [-0.15, -0.1) is 0 Å². The van der Waals surface area contributed by atoms with Gasteiger partial charge in [0, 0.05) is 0 Å². The van der Waals surface area contributed by atoms with Crippen molar-refractivity contribution in [2.45, 2.75) is 31.9 Å². The number of nitrogens with zero attached hydrogens (tertiary/aromatic N) is 1. The molecule has 1 fully saturated rings. The summed E-state index contributed by atoms with van der Waals surface area (Å²) in [5.74, 6) is 0. The maximum absolute atomic E-state index is 7.00. The van der Waals surface area contributed by atoms with Gasteiger partial charge < -0.3 is 37.6 Å². The Morgan fingerprint density at radius 3 is 1.75 bits per heavy atom. The summed E-state index contributed by atoms with van der Waals surface area (Å²) in [5, 5.41) is 2.73. The second-order valence-corrected chi connectivity index (χ2v) is 13.5. The van der Waals surface area contributed by atoms with Gasteiger partial charge in [0.2, 0.25) is 0 Å². The molecular weight excluding hydrogens is 477 g/mol. The van der Waals surface area contributed by atoms with Gasteiger partial charge in [-0.3, -0.25) is 0 Å². The lowest BCUT2D eigenvalue weighted by molar-refractivity contribution is -0.924. The predicted octanol–water partition coefficient (Wildman–Crippen LogP) is 0.0422. The van der Waals surface area contributed by atoms with Crippen molar-refractivity contribution < 1.29 is 37.6 Å². The number of hydrogen-bond acceptors (Lipinski definition) is 2. The molecule has 0 spiro atoms. The van der Waals surface area contributed by atoms with Crippen molar-refractivity contribution in [2.24, 2.45) is 0 Å². The van der Waals surface area contributed by atoms with E-state index < -0.39 is 8.32 Å². The highest BCUT2D eigenvalue weighted by atomic mass is 127. The van der Waals surface area contributed by atoms with Crippen LogP contribution in [0.2, 0.25) is 5.04 Å². The summed E-state index contributed by atoms with van der Waals surface area (Å²) >= 11 is 0. The molecule has 0 atom stereocenters. The van der Waals surface area contributed by atoms with Crippen LogP contribution >= 0.6 is 0 Å². The average molecular weight is 512 g/mol. The number of ether oxygens (including phenoxy) is 1. The fraction of sp³-hybridized carbons (Fsp3) is 0.478. The van der Waals surface area contributed by atoms with Crippen LogP contribution in [0, 0.1) is 0 Å². The summed E-state index contributed by atoms with van der Waals surface area (Å²) in [7, 11) is 2.17. The predicted molar refractivity (Wildman–Crippen MR) is 115 cm³/mol. The Bertz CT molecular complexity index is 688. The second kappa shape index (κ2) is 9.39. The van der Waals surface area contributed by atoms with Gasteiger partial charge in [0.1, 0.15) is 25.8 Å². The lowest BCUT2D eigenvalue weighted by atomic mass is 10.2. The molecule has 5 heteroatoms. The summed E-state index contributed by atoms with van der Waals surface area (Å²) < 4.78 is 13.4. The van der Waals surface area contributed by atoms with E-state index in [2.05, 4.69) is 95.5 Å². The molecular formula is C23H34INO2Si. The van der Waals surface area contributed by atoms with Crippen LogP contribution in [0.3, 0.4) is 0 Å². The zero-order chi connectivity index (χ0) is 19.5.